The van der Waals surface area contributed by atoms with Crippen LogP contribution in [-0.4, -0.2) is 29.2 Å². The minimum Gasteiger partial charge on any atom is -0.486 e. The molecule has 0 amide bonds. The van der Waals surface area contributed by atoms with Crippen molar-refractivity contribution in [3.63, 3.8) is 0 Å². The van der Waals surface area contributed by atoms with Crippen LogP contribution in [0.1, 0.15) is 19.2 Å². The van der Waals surface area contributed by atoms with Crippen molar-refractivity contribution in [2.24, 2.45) is 0 Å². The van der Waals surface area contributed by atoms with E-state index in [1.165, 1.54) is 0 Å². The Morgan fingerprint density at radius 3 is 2.86 bits per heavy atom. The van der Waals surface area contributed by atoms with Crippen molar-refractivity contribution in [1.29, 1.82) is 0 Å². The first kappa shape index (κ1) is 9.40. The zero-order valence-electron chi connectivity index (χ0n) is 8.36. The summed E-state index contributed by atoms with van der Waals surface area (Å²) < 4.78 is 5.69. The third kappa shape index (κ3) is 2.20. The summed E-state index contributed by atoms with van der Waals surface area (Å²) >= 11 is 0. The van der Waals surface area contributed by atoms with E-state index in [9.17, 15) is 0 Å². The molecule has 0 spiro atoms. The van der Waals surface area contributed by atoms with Crippen molar-refractivity contribution in [3.8, 4) is 5.75 Å². The first-order chi connectivity index (χ1) is 6.88. The minimum absolute atomic E-state index is 0.283. The Morgan fingerprint density at radius 2 is 2.29 bits per heavy atom. The summed E-state index contributed by atoms with van der Waals surface area (Å²) in [5.41, 5.74) is 0. The number of nitrogens with one attached hydrogen (secondary N) is 1. The van der Waals surface area contributed by atoms with E-state index >= 15 is 0 Å². The van der Waals surface area contributed by atoms with Crippen molar-refractivity contribution in [3.05, 3.63) is 18.2 Å². The Labute approximate surface area is 83.7 Å². The molecule has 1 aliphatic heterocycles. The topological polar surface area (TPSA) is 47.0 Å². The Kier molecular flexibility index (Phi) is 2.93. The number of aryl methyl sites for hydroxylation is 1. The number of nitrogens with zero attached hydrogens (tertiary/aromatic N) is 2. The van der Waals surface area contributed by atoms with Gasteiger partial charge < -0.3 is 10.1 Å². The van der Waals surface area contributed by atoms with Crippen molar-refractivity contribution < 1.29 is 4.74 Å². The fourth-order valence-corrected chi connectivity index (χ4v) is 1.51. The second kappa shape index (κ2) is 4.37. The Hall–Kier alpha value is -1.16. The van der Waals surface area contributed by atoms with Gasteiger partial charge in [0, 0.05) is 13.0 Å². The molecule has 4 nitrogen and oxygen atoms in total. The first-order valence-corrected chi connectivity index (χ1v) is 5.07. The lowest BCUT2D eigenvalue weighted by molar-refractivity contribution is 0.221. The lowest BCUT2D eigenvalue weighted by Gasteiger charge is -2.11. The summed E-state index contributed by atoms with van der Waals surface area (Å²) in [6.45, 7) is 4.00. The predicted octanol–water partition coefficient (Wildman–Crippen LogP) is 0.780. The van der Waals surface area contributed by atoms with Gasteiger partial charge >= 0.3 is 0 Å². The second-order valence-corrected chi connectivity index (χ2v) is 3.42. The van der Waals surface area contributed by atoms with Crippen LogP contribution in [0.15, 0.2) is 12.4 Å². The molecule has 1 unspecified atom stereocenters. The van der Waals surface area contributed by atoms with Gasteiger partial charge in [0.25, 0.3) is 0 Å². The second-order valence-electron chi connectivity index (χ2n) is 3.42. The Morgan fingerprint density at radius 1 is 1.50 bits per heavy atom. The summed E-state index contributed by atoms with van der Waals surface area (Å²) in [6.07, 6.45) is 5.72. The van der Waals surface area contributed by atoms with Crippen molar-refractivity contribution >= 4 is 0 Å². The summed E-state index contributed by atoms with van der Waals surface area (Å²) in [7, 11) is 0. The van der Waals surface area contributed by atoms with Gasteiger partial charge in [-0.05, 0) is 13.0 Å². The molecular formula is C10H15N3O. The summed E-state index contributed by atoms with van der Waals surface area (Å²) in [4.78, 5) is 8.37. The standard InChI is InChI=1S/C10H15N3O/c1-2-10-12-6-9(7-13-10)14-8-3-4-11-5-8/h6-8,11H,2-5H2,1H3. The van der Waals surface area contributed by atoms with Crippen LogP contribution in [0.25, 0.3) is 0 Å². The molecule has 1 aromatic rings. The molecule has 76 valence electrons. The quantitative estimate of drug-likeness (QED) is 0.770. The highest BCUT2D eigenvalue weighted by Gasteiger charge is 2.15. The molecule has 0 aliphatic carbocycles. The van der Waals surface area contributed by atoms with Gasteiger partial charge in [0.15, 0.2) is 5.75 Å². The van der Waals surface area contributed by atoms with E-state index in [1.54, 1.807) is 12.4 Å². The van der Waals surface area contributed by atoms with Crippen molar-refractivity contribution in [1.82, 2.24) is 15.3 Å². The zero-order valence-corrected chi connectivity index (χ0v) is 8.36. The van der Waals surface area contributed by atoms with Gasteiger partial charge in [0.2, 0.25) is 0 Å². The zero-order chi connectivity index (χ0) is 9.80. The van der Waals surface area contributed by atoms with Crippen molar-refractivity contribution in [2.75, 3.05) is 13.1 Å². The maximum Gasteiger partial charge on any atom is 0.156 e. The smallest absolute Gasteiger partial charge is 0.156 e. The van der Waals surface area contributed by atoms with Gasteiger partial charge in [-0.1, -0.05) is 6.92 Å². The lowest BCUT2D eigenvalue weighted by Crippen LogP contribution is -2.19. The largest absolute Gasteiger partial charge is 0.486 e. The maximum absolute atomic E-state index is 5.69. The normalized spacial score (nSPS) is 21.1. The highest BCUT2D eigenvalue weighted by molar-refractivity contribution is 5.13. The number of aromatic nitrogens is 2. The van der Waals surface area contributed by atoms with Gasteiger partial charge in [0.05, 0.1) is 12.4 Å². The van der Waals surface area contributed by atoms with Crippen LogP contribution < -0.4 is 10.1 Å². The van der Waals surface area contributed by atoms with E-state index in [0.717, 1.165) is 37.5 Å². The average Bonchev–Trinajstić information content (AvgIpc) is 2.72. The van der Waals surface area contributed by atoms with Gasteiger partial charge in [0.1, 0.15) is 11.9 Å². The van der Waals surface area contributed by atoms with E-state index in [2.05, 4.69) is 15.3 Å². The summed E-state index contributed by atoms with van der Waals surface area (Å²) in [5, 5.41) is 3.25. The molecule has 2 heterocycles. The number of hydrogen-bond acceptors (Lipinski definition) is 4. The molecule has 0 bridgehead atoms. The van der Waals surface area contributed by atoms with Crippen LogP contribution in [0.3, 0.4) is 0 Å². The van der Waals surface area contributed by atoms with Crippen LogP contribution in [-0.2, 0) is 6.42 Å². The molecule has 14 heavy (non-hydrogen) atoms. The molecule has 2 rings (SSSR count). The predicted molar refractivity (Wildman–Crippen MR) is 53.3 cm³/mol. The highest BCUT2D eigenvalue weighted by Crippen LogP contribution is 2.12. The molecule has 1 aromatic heterocycles. The molecule has 1 saturated heterocycles. The van der Waals surface area contributed by atoms with Crippen molar-refractivity contribution in [2.45, 2.75) is 25.9 Å². The Balaban J connectivity index is 1.95. The van der Waals surface area contributed by atoms with Gasteiger partial charge in [-0.2, -0.15) is 0 Å². The van der Waals surface area contributed by atoms with E-state index in [1.807, 2.05) is 6.92 Å². The third-order valence-corrected chi connectivity index (χ3v) is 2.32. The minimum atomic E-state index is 0.283. The van der Waals surface area contributed by atoms with Gasteiger partial charge in [-0.25, -0.2) is 9.97 Å². The van der Waals surface area contributed by atoms with Crippen LogP contribution in [0.2, 0.25) is 0 Å². The molecule has 1 atom stereocenters. The molecular weight excluding hydrogens is 178 g/mol. The Bertz CT molecular complexity index is 280. The van der Waals surface area contributed by atoms with Crippen LogP contribution in [0.4, 0.5) is 0 Å². The number of hydrogen-bond donors (Lipinski definition) is 1. The highest BCUT2D eigenvalue weighted by atomic mass is 16.5. The average molecular weight is 193 g/mol. The van der Waals surface area contributed by atoms with Crippen LogP contribution in [0.5, 0.6) is 5.75 Å². The maximum atomic E-state index is 5.69. The molecule has 4 heteroatoms. The number of rotatable bonds is 3. The molecule has 1 fully saturated rings. The monoisotopic (exact) mass is 193 g/mol. The molecule has 0 saturated carbocycles. The number of ether oxygens (including phenoxy) is 1. The molecule has 0 aromatic carbocycles. The molecule has 1 aliphatic rings. The van der Waals surface area contributed by atoms with E-state index in [-0.39, 0.29) is 6.10 Å². The first-order valence-electron chi connectivity index (χ1n) is 5.07. The van der Waals surface area contributed by atoms with Gasteiger partial charge in [-0.15, -0.1) is 0 Å². The fourth-order valence-electron chi connectivity index (χ4n) is 1.51. The third-order valence-electron chi connectivity index (χ3n) is 2.32. The summed E-state index contributed by atoms with van der Waals surface area (Å²) in [6, 6.07) is 0. The van der Waals surface area contributed by atoms with E-state index < -0.39 is 0 Å². The summed E-state index contributed by atoms with van der Waals surface area (Å²) in [5.74, 6) is 1.64. The lowest BCUT2D eigenvalue weighted by atomic mass is 10.3. The van der Waals surface area contributed by atoms with E-state index in [4.69, 9.17) is 4.74 Å². The van der Waals surface area contributed by atoms with Gasteiger partial charge in [-0.3, -0.25) is 0 Å². The SMILES string of the molecule is CCc1ncc(OC2CCNC2)cn1. The van der Waals surface area contributed by atoms with Crippen LogP contribution >= 0.6 is 0 Å². The molecule has 1 N–H and O–H groups in total. The van der Waals surface area contributed by atoms with Crippen LogP contribution in [0, 0.1) is 0 Å². The molecule has 0 radical (unpaired) electrons. The van der Waals surface area contributed by atoms with E-state index in [0.29, 0.717) is 0 Å². The fraction of sp³-hybridized carbons (Fsp3) is 0.600.